The molecule has 0 atom stereocenters. The summed E-state index contributed by atoms with van der Waals surface area (Å²) in [7, 11) is 0. The van der Waals surface area contributed by atoms with Gasteiger partial charge in [-0.1, -0.05) is 55.8 Å². The van der Waals surface area contributed by atoms with Crippen molar-refractivity contribution in [1.82, 2.24) is 5.32 Å². The van der Waals surface area contributed by atoms with E-state index in [-0.39, 0.29) is 0 Å². The fourth-order valence-corrected chi connectivity index (χ4v) is 2.11. The zero-order valence-corrected chi connectivity index (χ0v) is 13.7. The van der Waals surface area contributed by atoms with Gasteiger partial charge in [0.05, 0.1) is 0 Å². The Kier molecular flexibility index (Phi) is 5.52. The van der Waals surface area contributed by atoms with Crippen LogP contribution in [0.2, 0.25) is 0 Å². The molecule has 0 aromatic heterocycles. The van der Waals surface area contributed by atoms with Gasteiger partial charge in [0.25, 0.3) is 0 Å². The molecular weight excluding hydrogens is 288 g/mol. The van der Waals surface area contributed by atoms with Gasteiger partial charge < -0.3 is 10.6 Å². The summed E-state index contributed by atoms with van der Waals surface area (Å²) in [5, 5.41) is 5.21. The van der Waals surface area contributed by atoms with Gasteiger partial charge in [0, 0.05) is 12.2 Å². The quantitative estimate of drug-likeness (QED) is 0.851. The molecule has 0 radical (unpaired) electrons. The van der Waals surface area contributed by atoms with Gasteiger partial charge in [-0.15, -0.1) is 0 Å². The van der Waals surface area contributed by atoms with E-state index in [1.807, 2.05) is 43.3 Å². The fourth-order valence-electron chi connectivity index (χ4n) is 2.11. The number of anilines is 1. The molecular formula is C19H22N2O2. The minimum atomic E-state index is -0.660. The van der Waals surface area contributed by atoms with Crippen molar-refractivity contribution in [3.8, 4) is 0 Å². The summed E-state index contributed by atoms with van der Waals surface area (Å²) in [5.74, 6) is -0.829. The van der Waals surface area contributed by atoms with Crippen molar-refractivity contribution in [2.45, 2.75) is 33.2 Å². The zero-order chi connectivity index (χ0) is 16.8. The van der Waals surface area contributed by atoms with Crippen LogP contribution in [0.1, 0.15) is 36.5 Å². The third-order valence-electron chi connectivity index (χ3n) is 3.62. The molecule has 0 fully saturated rings. The maximum atomic E-state index is 11.8. The van der Waals surface area contributed by atoms with E-state index in [0.717, 1.165) is 11.1 Å². The zero-order valence-electron chi connectivity index (χ0n) is 13.7. The van der Waals surface area contributed by atoms with Crippen LogP contribution >= 0.6 is 0 Å². The number of hydrogen-bond donors (Lipinski definition) is 2. The van der Waals surface area contributed by atoms with E-state index in [1.165, 1.54) is 5.56 Å². The Hall–Kier alpha value is -2.62. The van der Waals surface area contributed by atoms with Gasteiger partial charge >= 0.3 is 11.8 Å². The first-order valence-corrected chi connectivity index (χ1v) is 7.70. The van der Waals surface area contributed by atoms with E-state index in [9.17, 15) is 9.59 Å². The average Bonchev–Trinajstić information content (AvgIpc) is 2.55. The molecule has 0 aliphatic rings. The minimum absolute atomic E-state index is 0.332. The van der Waals surface area contributed by atoms with E-state index in [1.54, 1.807) is 12.1 Å². The highest BCUT2D eigenvalue weighted by Gasteiger charge is 2.13. The first-order chi connectivity index (χ1) is 11.0. The Labute approximate surface area is 136 Å². The van der Waals surface area contributed by atoms with Gasteiger partial charge in [0.1, 0.15) is 0 Å². The van der Waals surface area contributed by atoms with Gasteiger partial charge in [-0.05, 0) is 36.1 Å². The molecule has 0 heterocycles. The normalized spacial score (nSPS) is 10.4. The third-order valence-corrected chi connectivity index (χ3v) is 3.62. The summed E-state index contributed by atoms with van der Waals surface area (Å²) < 4.78 is 0. The molecule has 2 amide bonds. The number of rotatable bonds is 4. The summed E-state index contributed by atoms with van der Waals surface area (Å²) >= 11 is 0. The fraction of sp³-hybridized carbons (Fsp3) is 0.263. The van der Waals surface area contributed by atoms with Crippen molar-refractivity contribution in [3.05, 3.63) is 65.2 Å². The largest absolute Gasteiger partial charge is 0.344 e. The van der Waals surface area contributed by atoms with Crippen LogP contribution in [0.25, 0.3) is 0 Å². The van der Waals surface area contributed by atoms with Crippen LogP contribution in [0, 0.1) is 6.92 Å². The molecule has 4 nitrogen and oxygen atoms in total. The van der Waals surface area contributed by atoms with E-state index in [2.05, 4.69) is 24.5 Å². The van der Waals surface area contributed by atoms with E-state index >= 15 is 0 Å². The molecule has 2 aromatic carbocycles. The molecule has 23 heavy (non-hydrogen) atoms. The Morgan fingerprint density at radius 3 is 2.09 bits per heavy atom. The van der Waals surface area contributed by atoms with Gasteiger partial charge in [0.2, 0.25) is 0 Å². The van der Waals surface area contributed by atoms with Crippen molar-refractivity contribution in [1.29, 1.82) is 0 Å². The molecule has 0 saturated heterocycles. The Morgan fingerprint density at radius 2 is 1.52 bits per heavy atom. The van der Waals surface area contributed by atoms with Crippen LogP contribution in [0.5, 0.6) is 0 Å². The Morgan fingerprint density at radius 1 is 0.913 bits per heavy atom. The highest BCUT2D eigenvalue weighted by Crippen LogP contribution is 2.14. The predicted molar refractivity (Wildman–Crippen MR) is 92.2 cm³/mol. The van der Waals surface area contributed by atoms with Crippen molar-refractivity contribution >= 4 is 17.5 Å². The van der Waals surface area contributed by atoms with Crippen LogP contribution in [0.15, 0.2) is 48.5 Å². The molecule has 0 unspecified atom stereocenters. The molecule has 4 heteroatoms. The highest BCUT2D eigenvalue weighted by atomic mass is 16.2. The second kappa shape index (κ2) is 7.58. The van der Waals surface area contributed by atoms with Crippen molar-refractivity contribution in [2.24, 2.45) is 0 Å². The lowest BCUT2D eigenvalue weighted by atomic mass is 10.0. The van der Waals surface area contributed by atoms with Crippen LogP contribution in [-0.2, 0) is 16.1 Å². The van der Waals surface area contributed by atoms with Crippen molar-refractivity contribution < 1.29 is 9.59 Å². The summed E-state index contributed by atoms with van der Waals surface area (Å²) in [5.41, 5.74) is 3.91. The first kappa shape index (κ1) is 16.7. The number of nitrogens with one attached hydrogen (secondary N) is 2. The molecule has 0 aliphatic carbocycles. The van der Waals surface area contributed by atoms with Gasteiger partial charge in [-0.25, -0.2) is 0 Å². The summed E-state index contributed by atoms with van der Waals surface area (Å²) in [6.07, 6.45) is 0. The summed E-state index contributed by atoms with van der Waals surface area (Å²) in [6, 6.07) is 15.3. The maximum absolute atomic E-state index is 11.8. The molecule has 0 spiro atoms. The monoisotopic (exact) mass is 310 g/mol. The second-order valence-electron chi connectivity index (χ2n) is 5.90. The van der Waals surface area contributed by atoms with Crippen LogP contribution in [0.3, 0.4) is 0 Å². The maximum Gasteiger partial charge on any atom is 0.313 e. The average molecular weight is 310 g/mol. The molecule has 0 bridgehead atoms. The third kappa shape index (κ3) is 4.95. The lowest BCUT2D eigenvalue weighted by molar-refractivity contribution is -0.136. The molecule has 120 valence electrons. The summed E-state index contributed by atoms with van der Waals surface area (Å²) in [6.45, 7) is 6.56. The molecule has 0 aliphatic heterocycles. The van der Waals surface area contributed by atoms with E-state index in [4.69, 9.17) is 0 Å². The van der Waals surface area contributed by atoms with Gasteiger partial charge in [0.15, 0.2) is 0 Å². The smallest absolute Gasteiger partial charge is 0.313 e. The number of amides is 2. The predicted octanol–water partition coefficient (Wildman–Crippen LogP) is 3.37. The first-order valence-electron chi connectivity index (χ1n) is 7.70. The van der Waals surface area contributed by atoms with Crippen LogP contribution in [-0.4, -0.2) is 11.8 Å². The second-order valence-corrected chi connectivity index (χ2v) is 5.90. The van der Waals surface area contributed by atoms with E-state index < -0.39 is 11.8 Å². The van der Waals surface area contributed by atoms with Crippen molar-refractivity contribution in [3.63, 3.8) is 0 Å². The van der Waals surface area contributed by atoms with Crippen molar-refractivity contribution in [2.75, 3.05) is 5.32 Å². The molecule has 2 N–H and O–H groups in total. The molecule has 0 saturated carbocycles. The van der Waals surface area contributed by atoms with Gasteiger partial charge in [-0.2, -0.15) is 0 Å². The van der Waals surface area contributed by atoms with Crippen LogP contribution in [0.4, 0.5) is 5.69 Å². The Bertz CT molecular complexity index is 674. The van der Waals surface area contributed by atoms with Gasteiger partial charge in [-0.3, -0.25) is 9.59 Å². The van der Waals surface area contributed by atoms with E-state index in [0.29, 0.717) is 18.2 Å². The highest BCUT2D eigenvalue weighted by molar-refractivity contribution is 6.39. The molecule has 2 rings (SSSR count). The molecule has 2 aromatic rings. The number of aryl methyl sites for hydroxylation is 1. The Balaban J connectivity index is 1.86. The minimum Gasteiger partial charge on any atom is -0.344 e. The summed E-state index contributed by atoms with van der Waals surface area (Å²) in [4.78, 5) is 23.7. The standard InChI is InChI=1S/C19H22N2O2/c1-13(2)16-8-6-15(7-9-16)12-20-18(22)19(23)21-17-10-4-14(3)5-11-17/h4-11,13H,12H2,1-3H3,(H,20,22)(H,21,23). The lowest BCUT2D eigenvalue weighted by Crippen LogP contribution is -2.34. The number of carbonyl (C=O) groups excluding carboxylic acids is 2. The number of benzene rings is 2. The SMILES string of the molecule is Cc1ccc(NC(=O)C(=O)NCc2ccc(C(C)C)cc2)cc1. The lowest BCUT2D eigenvalue weighted by Gasteiger charge is -2.09. The number of hydrogen-bond acceptors (Lipinski definition) is 2. The van der Waals surface area contributed by atoms with Crippen LogP contribution < -0.4 is 10.6 Å². The topological polar surface area (TPSA) is 58.2 Å². The number of carbonyl (C=O) groups is 2.